The highest BCUT2D eigenvalue weighted by molar-refractivity contribution is 7.13. The molecule has 66 valence electrons. The Kier molecular flexibility index (Phi) is 2.29. The van der Waals surface area contributed by atoms with Gasteiger partial charge in [0.2, 0.25) is 0 Å². The van der Waals surface area contributed by atoms with Gasteiger partial charge in [0.15, 0.2) is 5.15 Å². The zero-order valence-electron chi connectivity index (χ0n) is 6.99. The maximum Gasteiger partial charge on any atom is 0.151 e. The van der Waals surface area contributed by atoms with Crippen molar-refractivity contribution >= 4 is 22.9 Å². The second-order valence-corrected chi connectivity index (χ2v) is 3.98. The van der Waals surface area contributed by atoms with E-state index in [2.05, 4.69) is 23.2 Å². The molecule has 0 aliphatic carbocycles. The zero-order valence-corrected chi connectivity index (χ0v) is 8.56. The molecule has 2 aromatic heterocycles. The normalized spacial score (nSPS) is 10.3. The summed E-state index contributed by atoms with van der Waals surface area (Å²) in [6.45, 7) is 2.06. The lowest BCUT2D eigenvalue weighted by molar-refractivity contribution is 1.04. The van der Waals surface area contributed by atoms with Crippen LogP contribution < -0.4 is 0 Å². The lowest BCUT2D eigenvalue weighted by Gasteiger charge is -1.96. The molecule has 0 atom stereocenters. The van der Waals surface area contributed by atoms with Gasteiger partial charge in [-0.25, -0.2) is 0 Å². The van der Waals surface area contributed by atoms with E-state index in [0.717, 1.165) is 10.6 Å². The van der Waals surface area contributed by atoms with Crippen molar-refractivity contribution in [3.05, 3.63) is 34.3 Å². The second-order valence-electron chi connectivity index (χ2n) is 2.67. The Bertz CT molecular complexity index is 408. The monoisotopic (exact) mass is 210 g/mol. The van der Waals surface area contributed by atoms with Crippen LogP contribution in [0.2, 0.25) is 5.15 Å². The molecule has 0 aromatic carbocycles. The molecule has 2 heterocycles. The van der Waals surface area contributed by atoms with E-state index in [0.29, 0.717) is 5.15 Å². The van der Waals surface area contributed by atoms with E-state index in [1.807, 2.05) is 11.4 Å². The Labute approximate surface area is 85.2 Å². The number of nitrogens with zero attached hydrogens (tertiary/aromatic N) is 2. The summed E-state index contributed by atoms with van der Waals surface area (Å²) in [6.07, 6.45) is 0. The molecule has 0 aliphatic heterocycles. The summed E-state index contributed by atoms with van der Waals surface area (Å²) in [4.78, 5) is 1.16. The van der Waals surface area contributed by atoms with E-state index in [1.54, 1.807) is 17.4 Å². The Morgan fingerprint density at radius 3 is 2.62 bits per heavy atom. The number of hydrogen-bond acceptors (Lipinski definition) is 3. The molecule has 13 heavy (non-hydrogen) atoms. The van der Waals surface area contributed by atoms with Crippen LogP contribution in [0.3, 0.4) is 0 Å². The van der Waals surface area contributed by atoms with Gasteiger partial charge in [0.25, 0.3) is 0 Å². The summed E-state index contributed by atoms with van der Waals surface area (Å²) < 4.78 is 0. The molecular weight excluding hydrogens is 204 g/mol. The van der Waals surface area contributed by atoms with Gasteiger partial charge in [-0.15, -0.1) is 21.5 Å². The molecule has 0 aliphatic rings. The largest absolute Gasteiger partial charge is 0.151 e. The van der Waals surface area contributed by atoms with E-state index >= 15 is 0 Å². The maximum atomic E-state index is 5.64. The molecule has 0 bridgehead atoms. The van der Waals surface area contributed by atoms with Gasteiger partial charge in [0.1, 0.15) is 5.69 Å². The number of hydrogen-bond donors (Lipinski definition) is 0. The molecule has 0 fully saturated rings. The molecule has 4 heteroatoms. The molecule has 2 aromatic rings. The van der Waals surface area contributed by atoms with E-state index < -0.39 is 0 Å². The number of aromatic nitrogens is 2. The fourth-order valence-electron chi connectivity index (χ4n) is 1.07. The van der Waals surface area contributed by atoms with Crippen molar-refractivity contribution in [1.29, 1.82) is 0 Å². The van der Waals surface area contributed by atoms with Crippen LogP contribution in [0.4, 0.5) is 0 Å². The topological polar surface area (TPSA) is 25.8 Å². The van der Waals surface area contributed by atoms with Crippen molar-refractivity contribution in [2.75, 3.05) is 0 Å². The van der Waals surface area contributed by atoms with Crippen LogP contribution in [0.5, 0.6) is 0 Å². The van der Waals surface area contributed by atoms with E-state index in [4.69, 9.17) is 11.6 Å². The first-order valence-corrected chi connectivity index (χ1v) is 5.07. The summed E-state index contributed by atoms with van der Waals surface area (Å²) in [5.74, 6) is 0. The third-order valence-electron chi connectivity index (χ3n) is 1.73. The van der Waals surface area contributed by atoms with Gasteiger partial charge in [-0.2, -0.15) is 0 Å². The second kappa shape index (κ2) is 3.44. The first-order valence-electron chi connectivity index (χ1n) is 3.81. The highest BCUT2D eigenvalue weighted by atomic mass is 35.5. The fourth-order valence-corrected chi connectivity index (χ4v) is 2.06. The molecule has 0 unspecified atom stereocenters. The first kappa shape index (κ1) is 8.66. The van der Waals surface area contributed by atoms with Crippen LogP contribution in [-0.2, 0) is 0 Å². The SMILES string of the molecule is Cc1ccsc1-c1ccc(Cl)nn1. The fraction of sp³-hybridized carbons (Fsp3) is 0.111. The van der Waals surface area contributed by atoms with Crippen LogP contribution in [0.1, 0.15) is 5.56 Å². The minimum absolute atomic E-state index is 0.429. The Morgan fingerprint density at radius 2 is 2.08 bits per heavy atom. The van der Waals surface area contributed by atoms with E-state index in [1.165, 1.54) is 5.56 Å². The maximum absolute atomic E-state index is 5.64. The highest BCUT2D eigenvalue weighted by Crippen LogP contribution is 2.26. The van der Waals surface area contributed by atoms with Crippen LogP contribution >= 0.6 is 22.9 Å². The van der Waals surface area contributed by atoms with Gasteiger partial charge in [-0.1, -0.05) is 11.6 Å². The zero-order chi connectivity index (χ0) is 9.26. The van der Waals surface area contributed by atoms with Crippen molar-refractivity contribution < 1.29 is 0 Å². The lowest BCUT2D eigenvalue weighted by atomic mass is 10.2. The number of rotatable bonds is 1. The summed E-state index contributed by atoms with van der Waals surface area (Å²) in [5, 5.41) is 10.3. The Hall–Kier alpha value is -0.930. The van der Waals surface area contributed by atoms with Crippen LogP contribution in [0.25, 0.3) is 10.6 Å². The third-order valence-corrected chi connectivity index (χ3v) is 2.97. The average Bonchev–Trinajstić information content (AvgIpc) is 2.53. The minimum atomic E-state index is 0.429. The molecule has 0 spiro atoms. The van der Waals surface area contributed by atoms with E-state index in [9.17, 15) is 0 Å². The molecular formula is C9H7ClN2S. The van der Waals surface area contributed by atoms with Crippen LogP contribution in [0.15, 0.2) is 23.6 Å². The smallest absolute Gasteiger partial charge is 0.148 e. The highest BCUT2D eigenvalue weighted by Gasteiger charge is 2.04. The molecule has 0 saturated heterocycles. The third kappa shape index (κ3) is 1.71. The van der Waals surface area contributed by atoms with Gasteiger partial charge in [-0.3, -0.25) is 0 Å². The molecule has 0 radical (unpaired) electrons. The predicted molar refractivity (Wildman–Crippen MR) is 55.1 cm³/mol. The van der Waals surface area contributed by atoms with Gasteiger partial charge in [0, 0.05) is 0 Å². The van der Waals surface area contributed by atoms with Crippen molar-refractivity contribution in [2.45, 2.75) is 6.92 Å². The lowest BCUT2D eigenvalue weighted by Crippen LogP contribution is -1.85. The molecule has 2 nitrogen and oxygen atoms in total. The minimum Gasteiger partial charge on any atom is -0.148 e. The van der Waals surface area contributed by atoms with Crippen molar-refractivity contribution in [3.63, 3.8) is 0 Å². The van der Waals surface area contributed by atoms with Gasteiger partial charge < -0.3 is 0 Å². The Balaban J connectivity index is 2.47. The molecule has 2 rings (SSSR count). The summed E-state index contributed by atoms with van der Waals surface area (Å²) in [6, 6.07) is 5.70. The Morgan fingerprint density at radius 1 is 1.23 bits per heavy atom. The van der Waals surface area contributed by atoms with Crippen LogP contribution in [-0.4, -0.2) is 10.2 Å². The van der Waals surface area contributed by atoms with Gasteiger partial charge in [0.05, 0.1) is 4.88 Å². The number of halogens is 1. The van der Waals surface area contributed by atoms with Gasteiger partial charge in [-0.05, 0) is 36.1 Å². The van der Waals surface area contributed by atoms with Crippen molar-refractivity contribution in [1.82, 2.24) is 10.2 Å². The standard InChI is InChI=1S/C9H7ClN2S/c1-6-4-5-13-9(6)7-2-3-8(10)12-11-7/h2-5H,1H3. The summed E-state index contributed by atoms with van der Waals surface area (Å²) in [7, 11) is 0. The van der Waals surface area contributed by atoms with Crippen molar-refractivity contribution in [2.24, 2.45) is 0 Å². The first-order chi connectivity index (χ1) is 6.27. The number of aryl methyl sites for hydroxylation is 1. The van der Waals surface area contributed by atoms with E-state index in [-0.39, 0.29) is 0 Å². The number of thiophene rings is 1. The molecule has 0 amide bonds. The summed E-state index contributed by atoms with van der Waals surface area (Å²) >= 11 is 7.31. The summed E-state index contributed by atoms with van der Waals surface area (Å²) in [5.41, 5.74) is 2.11. The average molecular weight is 211 g/mol. The molecule has 0 N–H and O–H groups in total. The predicted octanol–water partition coefficient (Wildman–Crippen LogP) is 3.17. The van der Waals surface area contributed by atoms with Gasteiger partial charge >= 0.3 is 0 Å². The van der Waals surface area contributed by atoms with Crippen LogP contribution in [0, 0.1) is 6.92 Å². The molecule has 0 saturated carbocycles. The van der Waals surface area contributed by atoms with Crippen molar-refractivity contribution in [3.8, 4) is 10.6 Å². The quantitative estimate of drug-likeness (QED) is 0.723.